The van der Waals surface area contributed by atoms with Crippen LogP contribution in [0.4, 0.5) is 11.4 Å². The lowest BCUT2D eigenvalue weighted by atomic mass is 9.89. The minimum atomic E-state index is -1.24. The van der Waals surface area contributed by atoms with Gasteiger partial charge in [-0.15, -0.1) is 0 Å². The monoisotopic (exact) mass is 879 g/mol. The molecule has 3 saturated heterocycles. The minimum absolute atomic E-state index is 0.0941. The lowest BCUT2D eigenvalue weighted by Crippen LogP contribution is -2.54. The van der Waals surface area contributed by atoms with Gasteiger partial charge in [0.25, 0.3) is 17.7 Å². The van der Waals surface area contributed by atoms with Gasteiger partial charge in [0.1, 0.15) is 17.8 Å². The quantitative estimate of drug-likeness (QED) is 0.176. The van der Waals surface area contributed by atoms with Crippen molar-refractivity contribution in [3.05, 3.63) is 88.9 Å². The van der Waals surface area contributed by atoms with Crippen LogP contribution in [-0.4, -0.2) is 127 Å². The average molecular weight is 880 g/mol. The number of hydrogen-bond acceptors (Lipinski definition) is 12. The highest BCUT2D eigenvalue weighted by Crippen LogP contribution is 2.37. The average Bonchev–Trinajstić information content (AvgIpc) is 3.99. The van der Waals surface area contributed by atoms with Crippen LogP contribution in [-0.2, 0) is 15.2 Å². The van der Waals surface area contributed by atoms with Crippen LogP contribution >= 0.6 is 0 Å². The first-order chi connectivity index (χ1) is 31.3. The minimum Gasteiger partial charge on any atom is -0.386 e. The number of rotatable bonds is 9. The molecular weight excluding hydrogens is 827 g/mol. The fraction of sp³-hybridized carbons (Fsp3) is 0.458. The van der Waals surface area contributed by atoms with E-state index in [-0.39, 0.29) is 30.7 Å². The van der Waals surface area contributed by atoms with Crippen LogP contribution in [0.2, 0.25) is 0 Å². The summed E-state index contributed by atoms with van der Waals surface area (Å²) in [6.07, 6.45) is 10.0. The lowest BCUT2D eigenvalue weighted by molar-refractivity contribution is -0.136. The molecule has 0 bridgehead atoms. The number of carbonyl (C=O) groups excluding carboxylic acids is 5. The first-order valence-corrected chi connectivity index (χ1v) is 22.8. The number of benzene rings is 2. The number of nitrogens with one attached hydrogen (secondary N) is 2. The molecule has 0 spiro atoms. The Hall–Kier alpha value is -6.48. The van der Waals surface area contributed by atoms with Crippen LogP contribution in [0.25, 0.3) is 16.4 Å². The van der Waals surface area contributed by atoms with E-state index in [1.807, 2.05) is 18.2 Å². The van der Waals surface area contributed by atoms with E-state index < -0.39 is 29.4 Å². The number of amides is 5. The first kappa shape index (κ1) is 42.5. The summed E-state index contributed by atoms with van der Waals surface area (Å²) in [5, 5.41) is 35.8. The van der Waals surface area contributed by atoms with Crippen molar-refractivity contribution in [1.29, 1.82) is 5.26 Å². The molecule has 4 aliphatic heterocycles. The summed E-state index contributed by atoms with van der Waals surface area (Å²) in [6.45, 7) is 10.4. The summed E-state index contributed by atoms with van der Waals surface area (Å²) >= 11 is 0. The number of hydrogen-bond donors (Lipinski definition) is 3. The summed E-state index contributed by atoms with van der Waals surface area (Å²) in [6, 6.07) is 16.1. The number of piperidine rings is 2. The normalized spacial score (nSPS) is 22.7. The predicted molar refractivity (Wildman–Crippen MR) is 240 cm³/mol. The molecule has 0 radical (unpaired) electrons. The zero-order valence-electron chi connectivity index (χ0n) is 36.7. The van der Waals surface area contributed by atoms with Crippen LogP contribution < -0.4 is 15.5 Å². The summed E-state index contributed by atoms with van der Waals surface area (Å²) in [7, 11) is 0. The van der Waals surface area contributed by atoms with E-state index in [0.29, 0.717) is 51.1 Å². The van der Waals surface area contributed by atoms with Crippen molar-refractivity contribution in [2.24, 2.45) is 5.92 Å². The molecule has 2 aromatic carbocycles. The standard InChI is InChI=1S/C48H53N11O6/c1-48(2,65)38-24-39-31(22-40(38)51-45(62)42-10-8-35-21-30(25-49)26-50-59(35)42)28-57(53-39)33-5-3-32(4-6-33)56-19-17-54(18-20-56)27-29-13-15-55(16-14-29)34-7-9-36-37(23-34)47(64)58(46(36)63)41-11-12-43(60)52-44(41)61/h7-10,21-24,26,28-29,32-33,41,65H,3-6,11-20,27H2,1-2H3,(H,51,62)(H,52,60,61). The Labute approximate surface area is 375 Å². The van der Waals surface area contributed by atoms with Crippen molar-refractivity contribution >= 4 is 57.3 Å². The van der Waals surface area contributed by atoms with Crippen molar-refractivity contribution in [3.8, 4) is 6.07 Å². The van der Waals surface area contributed by atoms with E-state index in [0.717, 1.165) is 106 Å². The highest BCUT2D eigenvalue weighted by atomic mass is 16.3. The van der Waals surface area contributed by atoms with Gasteiger partial charge in [-0.3, -0.25) is 43.8 Å². The molecular formula is C48H53N11O6. The Balaban J connectivity index is 0.701. The number of fused-ring (bicyclic) bond motifs is 3. The van der Waals surface area contributed by atoms with Crippen molar-refractivity contribution in [2.75, 3.05) is 56.0 Å². The summed E-state index contributed by atoms with van der Waals surface area (Å²) in [4.78, 5) is 72.8. The van der Waals surface area contributed by atoms with Crippen LogP contribution in [0.1, 0.15) is 114 Å². The van der Waals surface area contributed by atoms with Gasteiger partial charge in [-0.2, -0.15) is 15.5 Å². The Morgan fingerprint density at radius 2 is 1.62 bits per heavy atom. The number of nitrogens with zero attached hydrogens (tertiary/aromatic N) is 9. The van der Waals surface area contributed by atoms with Gasteiger partial charge in [-0.05, 0) is 113 Å². The summed E-state index contributed by atoms with van der Waals surface area (Å²) < 4.78 is 3.57. The highest BCUT2D eigenvalue weighted by molar-refractivity contribution is 6.23. The third-order valence-electron chi connectivity index (χ3n) is 14.3. The van der Waals surface area contributed by atoms with Crippen molar-refractivity contribution < 1.29 is 29.1 Å². The molecule has 7 heterocycles. The van der Waals surface area contributed by atoms with Gasteiger partial charge >= 0.3 is 0 Å². The Kier molecular flexibility index (Phi) is 11.0. The second-order valence-corrected chi connectivity index (χ2v) is 18.9. The maximum absolute atomic E-state index is 13.6. The molecule has 1 saturated carbocycles. The van der Waals surface area contributed by atoms with Gasteiger partial charge in [-0.1, -0.05) is 0 Å². The molecule has 1 unspecified atom stereocenters. The molecule has 4 fully saturated rings. The third kappa shape index (κ3) is 8.15. The number of imide groups is 2. The van der Waals surface area contributed by atoms with Gasteiger partial charge in [0.2, 0.25) is 11.8 Å². The Morgan fingerprint density at radius 3 is 2.34 bits per heavy atom. The van der Waals surface area contributed by atoms with E-state index in [9.17, 15) is 34.3 Å². The maximum Gasteiger partial charge on any atom is 0.274 e. The molecule has 10 rings (SSSR count). The van der Waals surface area contributed by atoms with E-state index in [4.69, 9.17) is 5.10 Å². The molecule has 5 amide bonds. The van der Waals surface area contributed by atoms with E-state index in [1.165, 1.54) is 10.7 Å². The maximum atomic E-state index is 13.6. The second-order valence-electron chi connectivity index (χ2n) is 18.9. The van der Waals surface area contributed by atoms with E-state index in [2.05, 4.69) is 47.4 Å². The smallest absolute Gasteiger partial charge is 0.274 e. The fourth-order valence-corrected chi connectivity index (χ4v) is 10.7. The van der Waals surface area contributed by atoms with Crippen LogP contribution in [0, 0.1) is 17.2 Å². The Morgan fingerprint density at radius 1 is 0.877 bits per heavy atom. The zero-order valence-corrected chi connectivity index (χ0v) is 36.7. The van der Waals surface area contributed by atoms with Gasteiger partial charge in [0.15, 0.2) is 0 Å². The SMILES string of the molecule is CC(C)(O)c1cc2nn(C3CCC(N4CCN(CC5CCN(c6ccc7c(c6)C(=O)N(C6CCC(=O)NC6=O)C7=O)CC5)CC4)CC3)cc2cc1NC(=O)c1ccc2cc(C#N)cnn12. The predicted octanol–water partition coefficient (Wildman–Crippen LogP) is 4.45. The van der Waals surface area contributed by atoms with Crippen LogP contribution in [0.15, 0.2) is 60.9 Å². The van der Waals surface area contributed by atoms with Gasteiger partial charge in [0.05, 0.1) is 45.6 Å². The van der Waals surface area contributed by atoms with E-state index >= 15 is 0 Å². The number of aromatic nitrogens is 4. The van der Waals surface area contributed by atoms with E-state index in [1.54, 1.807) is 44.2 Å². The molecule has 5 aromatic rings. The molecule has 3 N–H and O–H groups in total. The molecule has 1 atom stereocenters. The molecule has 17 nitrogen and oxygen atoms in total. The van der Waals surface area contributed by atoms with Gasteiger partial charge in [0, 0.05) is 86.8 Å². The number of piperazine rings is 1. The van der Waals surface area contributed by atoms with Gasteiger partial charge in [-0.25, -0.2) is 4.52 Å². The molecule has 5 aliphatic rings. The topological polar surface area (TPSA) is 202 Å². The fourth-order valence-electron chi connectivity index (χ4n) is 10.7. The Bertz CT molecular complexity index is 2780. The highest BCUT2D eigenvalue weighted by Gasteiger charge is 2.45. The molecule has 3 aromatic heterocycles. The summed E-state index contributed by atoms with van der Waals surface area (Å²) in [5.41, 5.74) is 3.48. The largest absolute Gasteiger partial charge is 0.386 e. The molecule has 65 heavy (non-hydrogen) atoms. The number of anilines is 2. The van der Waals surface area contributed by atoms with Gasteiger partial charge < -0.3 is 20.2 Å². The molecule has 17 heteroatoms. The zero-order chi connectivity index (χ0) is 45.1. The van der Waals surface area contributed by atoms with Crippen molar-refractivity contribution in [3.63, 3.8) is 0 Å². The second kappa shape index (κ2) is 16.8. The summed E-state index contributed by atoms with van der Waals surface area (Å²) in [5.74, 6) is -1.74. The molecule has 1 aliphatic carbocycles. The molecule has 336 valence electrons. The number of carbonyl (C=O) groups is 5. The number of aliphatic hydroxyl groups is 1. The first-order valence-electron chi connectivity index (χ1n) is 22.8. The van der Waals surface area contributed by atoms with Crippen LogP contribution in [0.5, 0.6) is 0 Å². The van der Waals surface area contributed by atoms with Crippen molar-refractivity contribution in [2.45, 2.75) is 88.9 Å². The van der Waals surface area contributed by atoms with Crippen LogP contribution in [0.3, 0.4) is 0 Å². The van der Waals surface area contributed by atoms with Crippen molar-refractivity contribution in [1.82, 2.24) is 39.4 Å². The lowest BCUT2D eigenvalue weighted by Gasteiger charge is -2.43. The third-order valence-corrected chi connectivity index (χ3v) is 14.3. The number of nitriles is 1.